The second-order valence-electron chi connectivity index (χ2n) is 9.75. The van der Waals surface area contributed by atoms with Gasteiger partial charge in [-0.15, -0.1) is 0 Å². The van der Waals surface area contributed by atoms with Gasteiger partial charge in [0.25, 0.3) is 5.91 Å². The number of phenols is 1. The minimum Gasteiger partial charge on any atom is -0.507 e. The first-order chi connectivity index (χ1) is 19.3. The molecular formula is C31H31Cl2N3O4. The molecule has 5 rings (SSSR count). The lowest BCUT2D eigenvalue weighted by molar-refractivity contribution is 0.0730. The van der Waals surface area contributed by atoms with Crippen LogP contribution in [0.5, 0.6) is 17.2 Å². The van der Waals surface area contributed by atoms with Gasteiger partial charge in [-0.3, -0.25) is 9.89 Å². The molecule has 0 spiro atoms. The number of fused-ring (bicyclic) bond motifs is 1. The number of nitrogens with one attached hydrogen (secondary N) is 1. The maximum atomic E-state index is 13.9. The van der Waals surface area contributed by atoms with Crippen molar-refractivity contribution in [2.75, 3.05) is 13.2 Å². The zero-order valence-electron chi connectivity index (χ0n) is 22.6. The molecule has 0 bridgehead atoms. The fraction of sp³-hybridized carbons (Fsp3) is 0.290. The molecule has 3 aromatic carbocycles. The zero-order valence-corrected chi connectivity index (χ0v) is 24.1. The Balaban J connectivity index is 1.66. The van der Waals surface area contributed by atoms with Gasteiger partial charge in [-0.2, -0.15) is 5.10 Å². The number of carbonyl (C=O) groups is 1. The van der Waals surface area contributed by atoms with Crippen molar-refractivity contribution in [3.8, 4) is 28.5 Å². The Morgan fingerprint density at radius 3 is 2.58 bits per heavy atom. The van der Waals surface area contributed by atoms with E-state index in [1.165, 1.54) is 0 Å². The molecule has 0 saturated carbocycles. The summed E-state index contributed by atoms with van der Waals surface area (Å²) in [7, 11) is 0. The normalized spacial score (nSPS) is 14.5. The summed E-state index contributed by atoms with van der Waals surface area (Å²) in [4.78, 5) is 15.6. The van der Waals surface area contributed by atoms with Crippen LogP contribution in [0.3, 0.4) is 0 Å². The topological polar surface area (TPSA) is 87.7 Å². The van der Waals surface area contributed by atoms with Gasteiger partial charge in [-0.1, -0.05) is 60.8 Å². The number of hydrogen-bond acceptors (Lipinski definition) is 5. The second-order valence-corrected chi connectivity index (χ2v) is 10.6. The van der Waals surface area contributed by atoms with Gasteiger partial charge < -0.3 is 19.5 Å². The van der Waals surface area contributed by atoms with Crippen LogP contribution in [0.1, 0.15) is 65.5 Å². The van der Waals surface area contributed by atoms with Gasteiger partial charge in [0.2, 0.25) is 0 Å². The Morgan fingerprint density at radius 2 is 1.82 bits per heavy atom. The van der Waals surface area contributed by atoms with Crippen molar-refractivity contribution < 1.29 is 19.4 Å². The first-order valence-corrected chi connectivity index (χ1v) is 14.1. The number of aromatic nitrogens is 2. The molecule has 2 N–H and O–H groups in total. The number of rotatable bonds is 10. The SMILES string of the molecule is CCCCOc1ccc(C2c3c(-c4cc(Cl)c(C)cc4O)n[nH]c3C(=O)N2Cc2ccccc2Cl)cc1OCC. The van der Waals surface area contributed by atoms with E-state index in [0.717, 1.165) is 29.5 Å². The number of H-pyrrole nitrogens is 1. The van der Waals surface area contributed by atoms with Crippen LogP contribution in [0, 0.1) is 6.92 Å². The maximum Gasteiger partial charge on any atom is 0.273 e. The molecule has 0 aliphatic carbocycles. The number of unbranched alkanes of at least 4 members (excludes halogenated alkanes) is 1. The predicted octanol–water partition coefficient (Wildman–Crippen LogP) is 7.72. The van der Waals surface area contributed by atoms with Crippen LogP contribution in [0.2, 0.25) is 10.0 Å². The Morgan fingerprint density at radius 1 is 1.02 bits per heavy atom. The zero-order chi connectivity index (χ0) is 28.4. The van der Waals surface area contributed by atoms with Crippen LogP contribution in [0.15, 0.2) is 54.6 Å². The van der Waals surface area contributed by atoms with Crippen LogP contribution in [-0.2, 0) is 6.54 Å². The number of phenolic OH excluding ortho intramolecular Hbond substituents is 1. The monoisotopic (exact) mass is 579 g/mol. The molecule has 1 aromatic heterocycles. The maximum absolute atomic E-state index is 13.9. The highest BCUT2D eigenvalue weighted by Crippen LogP contribution is 2.47. The average Bonchev–Trinajstić information content (AvgIpc) is 3.47. The third kappa shape index (κ3) is 5.23. The van der Waals surface area contributed by atoms with E-state index in [1.54, 1.807) is 23.1 Å². The lowest BCUT2D eigenvalue weighted by atomic mass is 9.94. The van der Waals surface area contributed by atoms with E-state index in [9.17, 15) is 9.90 Å². The third-order valence-electron chi connectivity index (χ3n) is 7.03. The number of aromatic hydroxyl groups is 1. The second kappa shape index (κ2) is 11.8. The van der Waals surface area contributed by atoms with Gasteiger partial charge >= 0.3 is 0 Å². The van der Waals surface area contributed by atoms with E-state index in [0.29, 0.717) is 57.3 Å². The van der Waals surface area contributed by atoms with Gasteiger partial charge in [0.15, 0.2) is 11.5 Å². The molecule has 1 aliphatic heterocycles. The molecule has 1 amide bonds. The number of ether oxygens (including phenoxy) is 2. The van der Waals surface area contributed by atoms with Gasteiger partial charge in [-0.25, -0.2) is 0 Å². The van der Waals surface area contributed by atoms with E-state index in [2.05, 4.69) is 17.1 Å². The lowest BCUT2D eigenvalue weighted by Crippen LogP contribution is -2.29. The highest BCUT2D eigenvalue weighted by molar-refractivity contribution is 6.32. The predicted molar refractivity (Wildman–Crippen MR) is 157 cm³/mol. The van der Waals surface area contributed by atoms with Gasteiger partial charge in [0.1, 0.15) is 17.1 Å². The number of benzene rings is 3. The van der Waals surface area contributed by atoms with Crippen molar-refractivity contribution in [3.63, 3.8) is 0 Å². The van der Waals surface area contributed by atoms with Crippen molar-refractivity contribution in [1.82, 2.24) is 15.1 Å². The third-order valence-corrected chi connectivity index (χ3v) is 7.81. The first kappa shape index (κ1) is 27.9. The molecule has 2 heterocycles. The molecule has 7 nitrogen and oxygen atoms in total. The molecule has 4 aromatic rings. The summed E-state index contributed by atoms with van der Waals surface area (Å²) in [5.74, 6) is 1.05. The molecule has 1 unspecified atom stereocenters. The van der Waals surface area contributed by atoms with E-state index in [1.807, 2.05) is 50.2 Å². The molecule has 1 aliphatic rings. The van der Waals surface area contributed by atoms with Crippen molar-refractivity contribution >= 4 is 29.1 Å². The summed E-state index contributed by atoms with van der Waals surface area (Å²) in [5.41, 5.74) is 4.26. The largest absolute Gasteiger partial charge is 0.507 e. The summed E-state index contributed by atoms with van der Waals surface area (Å²) < 4.78 is 12.0. The minimum absolute atomic E-state index is 0.0293. The summed E-state index contributed by atoms with van der Waals surface area (Å²) in [5, 5.41) is 19.3. The first-order valence-electron chi connectivity index (χ1n) is 13.4. The highest BCUT2D eigenvalue weighted by Gasteiger charge is 2.43. The Labute approximate surface area is 243 Å². The molecule has 0 radical (unpaired) electrons. The quantitative estimate of drug-likeness (QED) is 0.188. The van der Waals surface area contributed by atoms with Crippen LogP contribution in [0.25, 0.3) is 11.3 Å². The number of amides is 1. The van der Waals surface area contributed by atoms with E-state index < -0.39 is 6.04 Å². The number of nitrogens with zero attached hydrogens (tertiary/aromatic N) is 2. The molecule has 208 valence electrons. The van der Waals surface area contributed by atoms with Crippen LogP contribution >= 0.6 is 23.2 Å². The van der Waals surface area contributed by atoms with Crippen LogP contribution in [0.4, 0.5) is 0 Å². The summed E-state index contributed by atoms with van der Waals surface area (Å²) in [6, 6.07) is 15.9. The summed E-state index contributed by atoms with van der Waals surface area (Å²) in [6.45, 7) is 7.15. The lowest BCUT2D eigenvalue weighted by Gasteiger charge is -2.27. The Kier molecular flexibility index (Phi) is 8.24. The van der Waals surface area contributed by atoms with Crippen molar-refractivity contribution in [2.45, 2.75) is 46.2 Å². The Bertz CT molecular complexity index is 1550. The van der Waals surface area contributed by atoms with Crippen molar-refractivity contribution in [2.24, 2.45) is 0 Å². The minimum atomic E-state index is -0.545. The smallest absolute Gasteiger partial charge is 0.273 e. The summed E-state index contributed by atoms with van der Waals surface area (Å²) >= 11 is 13.0. The summed E-state index contributed by atoms with van der Waals surface area (Å²) in [6.07, 6.45) is 1.95. The van der Waals surface area contributed by atoms with Gasteiger partial charge in [0, 0.05) is 27.7 Å². The van der Waals surface area contributed by atoms with E-state index >= 15 is 0 Å². The number of carbonyl (C=O) groups excluding carboxylic acids is 1. The molecule has 0 fully saturated rings. The molecule has 1 atom stereocenters. The van der Waals surface area contributed by atoms with Gasteiger partial charge in [-0.05, 0) is 67.3 Å². The van der Waals surface area contributed by atoms with Crippen molar-refractivity contribution in [3.05, 3.63) is 92.6 Å². The number of aryl methyl sites for hydroxylation is 1. The molecular weight excluding hydrogens is 549 g/mol. The standard InChI is InChI=1S/C31H31Cl2N3O4/c1-4-6-13-40-25-12-11-19(15-26(25)39-5-2)30-27-28(21-16-23(33)18(3)14-24(21)37)34-35-29(27)31(38)36(30)17-20-9-7-8-10-22(20)32/h7-12,14-16,30,37H,4-6,13,17H2,1-3H3,(H,34,35). The fourth-order valence-electron chi connectivity index (χ4n) is 4.99. The number of aromatic amines is 1. The van der Waals surface area contributed by atoms with Gasteiger partial charge in [0.05, 0.1) is 19.3 Å². The van der Waals surface area contributed by atoms with Crippen LogP contribution < -0.4 is 9.47 Å². The average molecular weight is 581 g/mol. The van der Waals surface area contributed by atoms with E-state index in [-0.39, 0.29) is 18.2 Å². The van der Waals surface area contributed by atoms with E-state index in [4.69, 9.17) is 32.7 Å². The molecule has 0 saturated heterocycles. The number of hydrogen-bond donors (Lipinski definition) is 2. The molecule has 40 heavy (non-hydrogen) atoms. The van der Waals surface area contributed by atoms with Crippen LogP contribution in [-0.4, -0.2) is 39.3 Å². The molecule has 9 heteroatoms. The Hall–Kier alpha value is -3.68. The fourth-order valence-corrected chi connectivity index (χ4v) is 5.35. The highest BCUT2D eigenvalue weighted by atomic mass is 35.5. The number of halogens is 2. The van der Waals surface area contributed by atoms with Crippen molar-refractivity contribution in [1.29, 1.82) is 0 Å².